The van der Waals surface area contributed by atoms with Crippen LogP contribution in [0.2, 0.25) is 0 Å². The fourth-order valence-electron chi connectivity index (χ4n) is 4.13. The van der Waals surface area contributed by atoms with E-state index >= 15 is 0 Å². The number of aromatic amines is 1. The van der Waals surface area contributed by atoms with Gasteiger partial charge in [-0.15, -0.1) is 0 Å². The molecule has 0 unspecified atom stereocenters. The van der Waals surface area contributed by atoms with Crippen molar-refractivity contribution in [3.05, 3.63) is 120 Å². The van der Waals surface area contributed by atoms with Crippen molar-refractivity contribution in [2.24, 2.45) is 0 Å². The van der Waals surface area contributed by atoms with Crippen LogP contribution in [0.25, 0.3) is 10.9 Å². The van der Waals surface area contributed by atoms with Crippen molar-refractivity contribution in [1.29, 1.82) is 0 Å². The maximum atomic E-state index is 13.4. The Labute approximate surface area is 208 Å². The average molecular weight is 484 g/mol. The molecule has 2 N–H and O–H groups in total. The molecule has 182 valence electrons. The summed E-state index contributed by atoms with van der Waals surface area (Å²) < 4.78 is 19.1. The SMILES string of the molecule is O=C(NCc1ccncc1)c1coc(CN(CCc2c[nH]c3ccccc23)Cc2ccc(F)cc2)n1. The maximum Gasteiger partial charge on any atom is 0.273 e. The van der Waals surface area contributed by atoms with Crippen LogP contribution in [-0.4, -0.2) is 32.3 Å². The van der Waals surface area contributed by atoms with Gasteiger partial charge in [0.05, 0.1) is 6.54 Å². The van der Waals surface area contributed by atoms with Crippen LogP contribution in [0.5, 0.6) is 0 Å². The van der Waals surface area contributed by atoms with Crippen LogP contribution in [0.3, 0.4) is 0 Å². The van der Waals surface area contributed by atoms with Crippen LogP contribution in [0.4, 0.5) is 4.39 Å². The standard InChI is InChI=1S/C28H26FN5O2/c29-23-7-5-21(6-8-23)17-34(14-11-22-16-31-25-4-2-1-3-24(22)25)18-27-33-26(19-36-27)28(35)32-15-20-9-12-30-13-10-20/h1-10,12-13,16,19,31H,11,14-15,17-18H2,(H,32,35). The Bertz CT molecular complexity index is 1430. The van der Waals surface area contributed by atoms with E-state index in [1.54, 1.807) is 24.5 Å². The molecule has 5 rings (SSSR count). The molecule has 0 saturated heterocycles. The molecule has 8 heteroatoms. The summed E-state index contributed by atoms with van der Waals surface area (Å²) in [6, 6.07) is 18.4. The normalized spacial score (nSPS) is 11.3. The third-order valence-corrected chi connectivity index (χ3v) is 6.04. The zero-order valence-corrected chi connectivity index (χ0v) is 19.7. The van der Waals surface area contributed by atoms with Gasteiger partial charge in [-0.05, 0) is 53.4 Å². The Hall–Kier alpha value is -4.30. The average Bonchev–Trinajstić information content (AvgIpc) is 3.55. The van der Waals surface area contributed by atoms with E-state index in [-0.39, 0.29) is 17.4 Å². The van der Waals surface area contributed by atoms with E-state index in [0.717, 1.165) is 29.6 Å². The number of para-hydroxylation sites is 1. The summed E-state index contributed by atoms with van der Waals surface area (Å²) in [4.78, 5) is 26.4. The Morgan fingerprint density at radius 2 is 1.81 bits per heavy atom. The number of benzene rings is 2. The number of hydrogen-bond acceptors (Lipinski definition) is 5. The van der Waals surface area contributed by atoms with E-state index in [9.17, 15) is 9.18 Å². The number of rotatable bonds is 10. The number of hydrogen-bond donors (Lipinski definition) is 2. The molecule has 5 aromatic rings. The zero-order chi connectivity index (χ0) is 24.7. The molecule has 0 saturated carbocycles. The fourth-order valence-corrected chi connectivity index (χ4v) is 4.13. The number of oxazole rings is 1. The lowest BCUT2D eigenvalue weighted by Gasteiger charge is -2.21. The lowest BCUT2D eigenvalue weighted by Crippen LogP contribution is -2.26. The second kappa shape index (κ2) is 11.0. The molecule has 0 radical (unpaired) electrons. The number of H-pyrrole nitrogens is 1. The quantitative estimate of drug-likeness (QED) is 0.296. The third-order valence-electron chi connectivity index (χ3n) is 6.04. The van der Waals surface area contributed by atoms with Gasteiger partial charge >= 0.3 is 0 Å². The van der Waals surface area contributed by atoms with Crippen molar-refractivity contribution in [2.45, 2.75) is 26.1 Å². The van der Waals surface area contributed by atoms with E-state index < -0.39 is 0 Å². The largest absolute Gasteiger partial charge is 0.447 e. The summed E-state index contributed by atoms with van der Waals surface area (Å²) in [5.74, 6) is -0.116. The van der Waals surface area contributed by atoms with Gasteiger partial charge in [-0.2, -0.15) is 0 Å². The number of carbonyl (C=O) groups is 1. The van der Waals surface area contributed by atoms with Crippen LogP contribution in [0.1, 0.15) is 33.1 Å². The first kappa shape index (κ1) is 23.4. The van der Waals surface area contributed by atoms with Crippen LogP contribution >= 0.6 is 0 Å². The summed E-state index contributed by atoms with van der Waals surface area (Å²) in [5.41, 5.74) is 4.49. The molecule has 3 heterocycles. The molecule has 3 aromatic heterocycles. The van der Waals surface area contributed by atoms with Gasteiger partial charge in [0, 0.05) is 49.1 Å². The monoisotopic (exact) mass is 483 g/mol. The Kier molecular flexibility index (Phi) is 7.14. The summed E-state index contributed by atoms with van der Waals surface area (Å²) in [6.45, 7) is 2.11. The highest BCUT2D eigenvalue weighted by molar-refractivity contribution is 5.91. The van der Waals surface area contributed by atoms with Gasteiger partial charge in [0.1, 0.15) is 12.1 Å². The van der Waals surface area contributed by atoms with E-state index in [1.165, 1.54) is 29.3 Å². The summed E-state index contributed by atoms with van der Waals surface area (Å²) in [7, 11) is 0. The minimum atomic E-state index is -0.300. The summed E-state index contributed by atoms with van der Waals surface area (Å²) in [5, 5.41) is 4.04. The lowest BCUT2D eigenvalue weighted by molar-refractivity contribution is 0.0945. The highest BCUT2D eigenvalue weighted by Gasteiger charge is 2.16. The van der Waals surface area contributed by atoms with Crippen LogP contribution in [0, 0.1) is 5.82 Å². The van der Waals surface area contributed by atoms with Gasteiger partial charge < -0.3 is 14.7 Å². The summed E-state index contributed by atoms with van der Waals surface area (Å²) in [6.07, 6.45) is 7.60. The van der Waals surface area contributed by atoms with Crippen molar-refractivity contribution in [3.63, 3.8) is 0 Å². The number of aromatic nitrogens is 3. The van der Waals surface area contributed by atoms with Gasteiger partial charge in [-0.1, -0.05) is 30.3 Å². The first-order valence-corrected chi connectivity index (χ1v) is 11.8. The van der Waals surface area contributed by atoms with E-state index in [4.69, 9.17) is 4.42 Å². The van der Waals surface area contributed by atoms with Crippen molar-refractivity contribution in [2.75, 3.05) is 6.54 Å². The Balaban J connectivity index is 1.26. The molecule has 7 nitrogen and oxygen atoms in total. The Morgan fingerprint density at radius 1 is 1.00 bits per heavy atom. The lowest BCUT2D eigenvalue weighted by atomic mass is 10.1. The van der Waals surface area contributed by atoms with Crippen LogP contribution in [-0.2, 0) is 26.1 Å². The molecule has 0 aliphatic heterocycles. The molecule has 0 atom stereocenters. The molecular weight excluding hydrogens is 457 g/mol. The smallest absolute Gasteiger partial charge is 0.273 e. The van der Waals surface area contributed by atoms with E-state index in [0.29, 0.717) is 25.5 Å². The number of nitrogens with zero attached hydrogens (tertiary/aromatic N) is 3. The van der Waals surface area contributed by atoms with Crippen molar-refractivity contribution in [1.82, 2.24) is 25.2 Å². The number of pyridine rings is 1. The molecule has 36 heavy (non-hydrogen) atoms. The molecule has 0 spiro atoms. The van der Waals surface area contributed by atoms with Crippen molar-refractivity contribution >= 4 is 16.8 Å². The second-order valence-electron chi connectivity index (χ2n) is 8.61. The third kappa shape index (κ3) is 5.84. The first-order chi connectivity index (χ1) is 17.6. The highest BCUT2D eigenvalue weighted by Crippen LogP contribution is 2.19. The minimum absolute atomic E-state index is 0.234. The van der Waals surface area contributed by atoms with E-state index in [2.05, 4.69) is 37.3 Å². The highest BCUT2D eigenvalue weighted by atomic mass is 19.1. The molecule has 0 aliphatic carbocycles. The molecule has 2 aromatic carbocycles. The molecular formula is C28H26FN5O2. The van der Waals surface area contributed by atoms with Gasteiger partial charge in [-0.25, -0.2) is 9.37 Å². The number of fused-ring (bicyclic) bond motifs is 1. The van der Waals surface area contributed by atoms with Crippen molar-refractivity contribution < 1.29 is 13.6 Å². The van der Waals surface area contributed by atoms with Crippen LogP contribution < -0.4 is 5.32 Å². The van der Waals surface area contributed by atoms with Crippen molar-refractivity contribution in [3.8, 4) is 0 Å². The Morgan fingerprint density at radius 3 is 2.64 bits per heavy atom. The minimum Gasteiger partial charge on any atom is -0.447 e. The predicted molar refractivity (Wildman–Crippen MR) is 134 cm³/mol. The second-order valence-corrected chi connectivity index (χ2v) is 8.61. The number of carbonyl (C=O) groups excluding carboxylic acids is 1. The van der Waals surface area contributed by atoms with Gasteiger partial charge in [0.25, 0.3) is 5.91 Å². The predicted octanol–water partition coefficient (Wildman–Crippen LogP) is 4.86. The molecule has 1 amide bonds. The molecule has 0 aliphatic rings. The fraction of sp³-hybridized carbons (Fsp3) is 0.179. The zero-order valence-electron chi connectivity index (χ0n) is 19.7. The first-order valence-electron chi connectivity index (χ1n) is 11.8. The van der Waals surface area contributed by atoms with Crippen LogP contribution in [0.15, 0.2) is 89.9 Å². The number of halogens is 1. The molecule has 0 fully saturated rings. The molecule has 0 bridgehead atoms. The summed E-state index contributed by atoms with van der Waals surface area (Å²) >= 11 is 0. The van der Waals surface area contributed by atoms with Gasteiger partial charge in [-0.3, -0.25) is 14.7 Å². The van der Waals surface area contributed by atoms with Gasteiger partial charge in [0.15, 0.2) is 5.69 Å². The van der Waals surface area contributed by atoms with E-state index in [1.807, 2.05) is 30.5 Å². The van der Waals surface area contributed by atoms with Gasteiger partial charge in [0.2, 0.25) is 5.89 Å². The topological polar surface area (TPSA) is 87.0 Å². The number of amides is 1. The number of nitrogens with one attached hydrogen (secondary N) is 2. The maximum absolute atomic E-state index is 13.4.